The predicted octanol–water partition coefficient (Wildman–Crippen LogP) is 3.76. The topological polar surface area (TPSA) is 17.1 Å². The zero-order valence-corrected chi connectivity index (χ0v) is 9.98. The van der Waals surface area contributed by atoms with Crippen molar-refractivity contribution in [3.63, 3.8) is 0 Å². The maximum absolute atomic E-state index is 10.5. The Morgan fingerprint density at radius 3 is 2.62 bits per heavy atom. The Hall–Kier alpha value is -0.280. The van der Waals surface area contributed by atoms with E-state index in [2.05, 4.69) is 29.8 Å². The third kappa shape index (κ3) is 3.16. The smallest absolute Gasteiger partial charge is 0.150 e. The number of benzene rings is 1. The van der Waals surface area contributed by atoms with Crippen molar-refractivity contribution in [1.29, 1.82) is 0 Å². The Balaban J connectivity index is 2.91. The van der Waals surface area contributed by atoms with Crippen molar-refractivity contribution in [3.05, 3.63) is 28.2 Å². The van der Waals surface area contributed by atoms with Crippen molar-refractivity contribution in [2.24, 2.45) is 0 Å². The van der Waals surface area contributed by atoms with E-state index in [1.807, 2.05) is 18.2 Å². The molecular formula is C10H11BrOS. The van der Waals surface area contributed by atoms with Gasteiger partial charge < -0.3 is 0 Å². The van der Waals surface area contributed by atoms with Crippen molar-refractivity contribution in [2.45, 2.75) is 24.0 Å². The van der Waals surface area contributed by atoms with Crippen LogP contribution in [0.3, 0.4) is 0 Å². The third-order valence-corrected chi connectivity index (χ3v) is 3.45. The van der Waals surface area contributed by atoms with Crippen LogP contribution in [0.4, 0.5) is 0 Å². The molecule has 0 N–H and O–H groups in total. The van der Waals surface area contributed by atoms with E-state index >= 15 is 0 Å². The summed E-state index contributed by atoms with van der Waals surface area (Å²) in [7, 11) is 0. The van der Waals surface area contributed by atoms with Crippen molar-refractivity contribution in [2.75, 3.05) is 0 Å². The summed E-state index contributed by atoms with van der Waals surface area (Å²) in [6.07, 6.45) is 0.856. The van der Waals surface area contributed by atoms with E-state index in [-0.39, 0.29) is 0 Å². The van der Waals surface area contributed by atoms with E-state index in [0.717, 1.165) is 10.8 Å². The van der Waals surface area contributed by atoms with E-state index in [1.165, 1.54) is 4.90 Å². The average molecular weight is 259 g/mol. The van der Waals surface area contributed by atoms with E-state index in [4.69, 9.17) is 0 Å². The summed E-state index contributed by atoms with van der Waals surface area (Å²) in [6.45, 7) is 4.29. The molecule has 1 aromatic carbocycles. The van der Waals surface area contributed by atoms with Gasteiger partial charge in [0.1, 0.15) is 6.29 Å². The monoisotopic (exact) mass is 258 g/mol. The highest BCUT2D eigenvalue weighted by molar-refractivity contribution is 9.10. The maximum atomic E-state index is 10.5. The first kappa shape index (κ1) is 10.8. The Kier molecular flexibility index (Phi) is 4.00. The predicted molar refractivity (Wildman–Crippen MR) is 60.5 cm³/mol. The quantitative estimate of drug-likeness (QED) is 0.607. The van der Waals surface area contributed by atoms with Gasteiger partial charge in [-0.3, -0.25) is 4.79 Å². The molecule has 0 amide bonds. The molecule has 0 aliphatic heterocycles. The number of halogens is 1. The van der Waals surface area contributed by atoms with Crippen LogP contribution in [0.2, 0.25) is 0 Å². The Morgan fingerprint density at radius 1 is 1.46 bits per heavy atom. The summed E-state index contributed by atoms with van der Waals surface area (Å²) < 4.78 is 0.996. The minimum atomic E-state index is 0.554. The fourth-order valence-corrected chi connectivity index (χ4v) is 2.44. The van der Waals surface area contributed by atoms with Gasteiger partial charge in [-0.05, 0) is 28.1 Å². The van der Waals surface area contributed by atoms with Crippen molar-refractivity contribution >= 4 is 34.0 Å². The number of aldehydes is 1. The van der Waals surface area contributed by atoms with Gasteiger partial charge in [-0.1, -0.05) is 19.9 Å². The number of thioether (sulfide) groups is 1. The molecule has 3 heteroatoms. The molecule has 0 bridgehead atoms. The van der Waals surface area contributed by atoms with Crippen molar-refractivity contribution < 1.29 is 4.79 Å². The second-order valence-electron chi connectivity index (χ2n) is 2.97. The van der Waals surface area contributed by atoms with E-state index in [1.54, 1.807) is 11.8 Å². The number of carbonyl (C=O) groups excluding carboxylic acids is 1. The largest absolute Gasteiger partial charge is 0.298 e. The number of hydrogen-bond acceptors (Lipinski definition) is 2. The second-order valence-corrected chi connectivity index (χ2v) is 5.45. The van der Waals surface area contributed by atoms with Crippen molar-refractivity contribution in [1.82, 2.24) is 0 Å². The van der Waals surface area contributed by atoms with Gasteiger partial charge in [0.05, 0.1) is 0 Å². The fraction of sp³-hybridized carbons (Fsp3) is 0.300. The molecule has 1 rings (SSSR count). The molecule has 0 aromatic heterocycles. The summed E-state index contributed by atoms with van der Waals surface area (Å²) in [4.78, 5) is 11.6. The highest BCUT2D eigenvalue weighted by Crippen LogP contribution is 2.30. The molecule has 0 unspecified atom stereocenters. The summed E-state index contributed by atoms with van der Waals surface area (Å²) in [5.74, 6) is 0. The standard InChI is InChI=1S/C10H11BrOS/c1-7(2)13-10-4-3-8(6-12)5-9(10)11/h3-7H,1-2H3. The highest BCUT2D eigenvalue weighted by atomic mass is 79.9. The lowest BCUT2D eigenvalue weighted by atomic mass is 10.2. The summed E-state index contributed by atoms with van der Waals surface area (Å²) in [5.41, 5.74) is 0.708. The van der Waals surface area contributed by atoms with Gasteiger partial charge in [-0.2, -0.15) is 0 Å². The average Bonchev–Trinajstić information content (AvgIpc) is 2.08. The molecule has 70 valence electrons. The van der Waals surface area contributed by atoms with Gasteiger partial charge in [0.15, 0.2) is 0 Å². The number of rotatable bonds is 3. The maximum Gasteiger partial charge on any atom is 0.150 e. The molecule has 0 aliphatic carbocycles. The normalized spacial score (nSPS) is 10.5. The zero-order chi connectivity index (χ0) is 9.84. The lowest BCUT2D eigenvalue weighted by Crippen LogP contribution is -1.88. The molecule has 0 saturated carbocycles. The van der Waals surface area contributed by atoms with Crippen LogP contribution < -0.4 is 0 Å². The molecule has 0 saturated heterocycles. The zero-order valence-electron chi connectivity index (χ0n) is 7.58. The van der Waals surface area contributed by atoms with Crippen LogP contribution in [-0.4, -0.2) is 11.5 Å². The summed E-state index contributed by atoms with van der Waals surface area (Å²) in [5, 5.41) is 0.554. The molecule has 1 nitrogen and oxygen atoms in total. The van der Waals surface area contributed by atoms with Crippen LogP contribution in [0.5, 0.6) is 0 Å². The van der Waals surface area contributed by atoms with Crippen LogP contribution in [-0.2, 0) is 0 Å². The SMILES string of the molecule is CC(C)Sc1ccc(C=O)cc1Br. The molecule has 0 atom stereocenters. The molecule has 0 spiro atoms. The fourth-order valence-electron chi connectivity index (χ4n) is 0.940. The van der Waals surface area contributed by atoms with Crippen LogP contribution >= 0.6 is 27.7 Å². The first-order valence-electron chi connectivity index (χ1n) is 4.05. The molecule has 0 heterocycles. The second kappa shape index (κ2) is 4.82. The molecule has 0 aliphatic rings. The van der Waals surface area contributed by atoms with Crippen LogP contribution in [0.15, 0.2) is 27.6 Å². The van der Waals surface area contributed by atoms with Gasteiger partial charge in [-0.25, -0.2) is 0 Å². The van der Waals surface area contributed by atoms with E-state index in [0.29, 0.717) is 10.8 Å². The van der Waals surface area contributed by atoms with Crippen LogP contribution in [0.25, 0.3) is 0 Å². The minimum Gasteiger partial charge on any atom is -0.298 e. The van der Waals surface area contributed by atoms with Gasteiger partial charge in [0, 0.05) is 20.2 Å². The molecular weight excluding hydrogens is 248 g/mol. The number of carbonyl (C=O) groups is 1. The van der Waals surface area contributed by atoms with Gasteiger partial charge in [0.2, 0.25) is 0 Å². The summed E-state index contributed by atoms with van der Waals surface area (Å²) in [6, 6.07) is 5.65. The first-order valence-corrected chi connectivity index (χ1v) is 5.72. The molecule has 1 aromatic rings. The lowest BCUT2D eigenvalue weighted by molar-refractivity contribution is 0.112. The van der Waals surface area contributed by atoms with Crippen LogP contribution in [0.1, 0.15) is 24.2 Å². The molecule has 13 heavy (non-hydrogen) atoms. The van der Waals surface area contributed by atoms with Gasteiger partial charge in [-0.15, -0.1) is 11.8 Å². The van der Waals surface area contributed by atoms with E-state index in [9.17, 15) is 4.79 Å². The van der Waals surface area contributed by atoms with Crippen molar-refractivity contribution in [3.8, 4) is 0 Å². The van der Waals surface area contributed by atoms with Gasteiger partial charge >= 0.3 is 0 Å². The highest BCUT2D eigenvalue weighted by Gasteiger charge is 2.03. The molecule has 0 fully saturated rings. The van der Waals surface area contributed by atoms with Gasteiger partial charge in [0.25, 0.3) is 0 Å². The summed E-state index contributed by atoms with van der Waals surface area (Å²) >= 11 is 5.22. The van der Waals surface area contributed by atoms with E-state index < -0.39 is 0 Å². The minimum absolute atomic E-state index is 0.554. The Labute approximate surface area is 91.0 Å². The third-order valence-electron chi connectivity index (χ3n) is 1.45. The Morgan fingerprint density at radius 2 is 2.15 bits per heavy atom. The Bertz CT molecular complexity index is 310. The van der Waals surface area contributed by atoms with Crippen LogP contribution in [0, 0.1) is 0 Å². The molecule has 0 radical (unpaired) electrons. The number of hydrogen-bond donors (Lipinski definition) is 0. The lowest BCUT2D eigenvalue weighted by Gasteiger charge is -2.06. The first-order chi connectivity index (χ1) is 6.13.